The maximum absolute atomic E-state index is 11.3. The molecular weight excluding hydrogens is 186 g/mol. The number of aliphatic hydroxyl groups excluding tert-OH is 1. The first-order valence-electron chi connectivity index (χ1n) is 4.06. The molecule has 14 heavy (non-hydrogen) atoms. The number of aromatic hydroxyl groups is 1. The molecule has 5 heteroatoms. The van der Waals surface area contributed by atoms with E-state index in [0.29, 0.717) is 5.06 Å². The molecule has 3 N–H and O–H groups in total. The Morgan fingerprint density at radius 2 is 1.86 bits per heavy atom. The first-order valence-corrected chi connectivity index (χ1v) is 4.06. The summed E-state index contributed by atoms with van der Waals surface area (Å²) < 4.78 is 0. The molecule has 0 aliphatic carbocycles. The Labute approximate surface area is 80.8 Å². The lowest BCUT2D eigenvalue weighted by Gasteiger charge is -2.12. The predicted molar refractivity (Wildman–Crippen MR) is 48.0 cm³/mol. The highest BCUT2D eigenvalue weighted by molar-refractivity contribution is 5.93. The Balaban J connectivity index is 2.74. The van der Waals surface area contributed by atoms with E-state index in [1.165, 1.54) is 24.3 Å². The molecule has 0 aliphatic rings. The molecule has 0 saturated heterocycles. The van der Waals surface area contributed by atoms with E-state index in [9.17, 15) is 4.79 Å². The van der Waals surface area contributed by atoms with Crippen LogP contribution in [0.2, 0.25) is 0 Å². The summed E-state index contributed by atoms with van der Waals surface area (Å²) >= 11 is 0. The van der Waals surface area contributed by atoms with Crippen LogP contribution in [-0.4, -0.2) is 39.5 Å². The van der Waals surface area contributed by atoms with Gasteiger partial charge in [-0.1, -0.05) is 0 Å². The van der Waals surface area contributed by atoms with Gasteiger partial charge in [-0.2, -0.15) is 0 Å². The first kappa shape index (κ1) is 10.5. The summed E-state index contributed by atoms with van der Waals surface area (Å²) in [6.45, 7) is -0.444. The smallest absolute Gasteiger partial charge is 0.277 e. The Kier molecular flexibility index (Phi) is 3.44. The number of hydrogen-bond donors (Lipinski definition) is 3. The lowest BCUT2D eigenvalue weighted by atomic mass is 10.2. The largest absolute Gasteiger partial charge is 0.508 e. The molecule has 76 valence electrons. The van der Waals surface area contributed by atoms with E-state index >= 15 is 0 Å². The van der Waals surface area contributed by atoms with Crippen LogP contribution in [0.15, 0.2) is 24.3 Å². The fourth-order valence-corrected chi connectivity index (χ4v) is 0.949. The second-order valence-electron chi connectivity index (χ2n) is 2.70. The normalized spacial score (nSPS) is 9.86. The molecule has 0 fully saturated rings. The Bertz CT molecular complexity index is 309. The zero-order valence-electron chi connectivity index (χ0n) is 7.42. The van der Waals surface area contributed by atoms with Crippen molar-refractivity contribution in [2.45, 2.75) is 0 Å². The number of aliphatic hydroxyl groups is 1. The number of carbonyl (C=O) groups excluding carboxylic acids is 1. The van der Waals surface area contributed by atoms with Crippen LogP contribution in [0.3, 0.4) is 0 Å². The van der Waals surface area contributed by atoms with Gasteiger partial charge in [-0.3, -0.25) is 10.0 Å². The fourth-order valence-electron chi connectivity index (χ4n) is 0.949. The molecule has 5 nitrogen and oxygen atoms in total. The van der Waals surface area contributed by atoms with E-state index in [1.807, 2.05) is 0 Å². The van der Waals surface area contributed by atoms with Gasteiger partial charge < -0.3 is 10.2 Å². The van der Waals surface area contributed by atoms with Crippen LogP contribution in [0.1, 0.15) is 10.4 Å². The first-order chi connectivity index (χ1) is 6.65. The Morgan fingerprint density at radius 1 is 1.29 bits per heavy atom. The molecule has 0 aliphatic heterocycles. The molecule has 1 amide bonds. The van der Waals surface area contributed by atoms with E-state index in [0.717, 1.165) is 0 Å². The van der Waals surface area contributed by atoms with E-state index < -0.39 is 5.91 Å². The molecule has 0 heterocycles. The van der Waals surface area contributed by atoms with Crippen molar-refractivity contribution in [3.05, 3.63) is 29.8 Å². The van der Waals surface area contributed by atoms with Crippen molar-refractivity contribution in [1.82, 2.24) is 5.06 Å². The van der Waals surface area contributed by atoms with Gasteiger partial charge in [0.15, 0.2) is 0 Å². The van der Waals surface area contributed by atoms with E-state index in [2.05, 4.69) is 0 Å². The van der Waals surface area contributed by atoms with Crippen LogP contribution >= 0.6 is 0 Å². The summed E-state index contributed by atoms with van der Waals surface area (Å²) in [5.74, 6) is -0.563. The fraction of sp³-hybridized carbons (Fsp3) is 0.222. The number of phenolic OH excluding ortho intramolecular Hbond substituents is 1. The summed E-state index contributed by atoms with van der Waals surface area (Å²) in [5, 5.41) is 27.0. The van der Waals surface area contributed by atoms with Crippen LogP contribution in [0.4, 0.5) is 0 Å². The predicted octanol–water partition coefficient (Wildman–Crippen LogP) is 0.216. The highest BCUT2D eigenvalue weighted by Crippen LogP contribution is 2.10. The van der Waals surface area contributed by atoms with Crippen LogP contribution in [0.25, 0.3) is 0 Å². The molecule has 0 aromatic heterocycles. The van der Waals surface area contributed by atoms with Crippen LogP contribution in [-0.2, 0) is 0 Å². The van der Waals surface area contributed by atoms with E-state index in [-0.39, 0.29) is 24.5 Å². The van der Waals surface area contributed by atoms with Gasteiger partial charge in [0.1, 0.15) is 5.75 Å². The molecule has 0 atom stereocenters. The average Bonchev–Trinajstić information content (AvgIpc) is 2.18. The molecule has 0 spiro atoms. The van der Waals surface area contributed by atoms with Crippen molar-refractivity contribution in [3.63, 3.8) is 0 Å². The lowest BCUT2D eigenvalue weighted by Crippen LogP contribution is -2.30. The number of phenols is 1. The minimum atomic E-state index is -0.612. The van der Waals surface area contributed by atoms with Crippen molar-refractivity contribution in [2.24, 2.45) is 0 Å². The monoisotopic (exact) mass is 197 g/mol. The SMILES string of the molecule is O=C(c1ccc(O)cc1)N(O)CCO. The third kappa shape index (κ3) is 2.45. The minimum Gasteiger partial charge on any atom is -0.508 e. The Hall–Kier alpha value is -1.59. The summed E-state index contributed by atoms with van der Waals surface area (Å²) in [7, 11) is 0. The third-order valence-corrected chi connectivity index (χ3v) is 1.66. The molecule has 0 saturated carbocycles. The second kappa shape index (κ2) is 4.59. The summed E-state index contributed by atoms with van der Waals surface area (Å²) in [6, 6.07) is 5.47. The average molecular weight is 197 g/mol. The number of amides is 1. The third-order valence-electron chi connectivity index (χ3n) is 1.66. The number of benzene rings is 1. The van der Waals surface area contributed by atoms with E-state index in [4.69, 9.17) is 15.4 Å². The van der Waals surface area contributed by atoms with Crippen molar-refractivity contribution in [1.29, 1.82) is 0 Å². The van der Waals surface area contributed by atoms with Crippen LogP contribution in [0, 0.1) is 0 Å². The molecule has 1 aromatic carbocycles. The number of nitrogens with zero attached hydrogens (tertiary/aromatic N) is 1. The van der Waals surface area contributed by atoms with Crippen molar-refractivity contribution in [3.8, 4) is 5.75 Å². The molecular formula is C9H11NO4. The number of carbonyl (C=O) groups is 1. The van der Waals surface area contributed by atoms with Crippen molar-refractivity contribution in [2.75, 3.05) is 13.2 Å². The topological polar surface area (TPSA) is 81.0 Å². The van der Waals surface area contributed by atoms with Gasteiger partial charge in [0.25, 0.3) is 5.91 Å². The highest BCUT2D eigenvalue weighted by atomic mass is 16.5. The number of hydroxylamine groups is 2. The summed E-state index contributed by atoms with van der Waals surface area (Å²) in [6.07, 6.45) is 0. The van der Waals surface area contributed by atoms with Gasteiger partial charge >= 0.3 is 0 Å². The van der Waals surface area contributed by atoms with Gasteiger partial charge in [-0.25, -0.2) is 5.06 Å². The molecule has 0 unspecified atom stereocenters. The second-order valence-corrected chi connectivity index (χ2v) is 2.70. The summed E-state index contributed by atoms with van der Waals surface area (Å²) in [5.41, 5.74) is 0.249. The zero-order chi connectivity index (χ0) is 10.6. The maximum Gasteiger partial charge on any atom is 0.277 e. The molecule has 1 rings (SSSR count). The standard InChI is InChI=1S/C9H11NO4/c11-6-5-10(14)9(13)7-1-3-8(12)4-2-7/h1-4,11-12,14H,5-6H2. The van der Waals surface area contributed by atoms with Crippen molar-refractivity contribution < 1.29 is 20.2 Å². The van der Waals surface area contributed by atoms with E-state index in [1.54, 1.807) is 0 Å². The summed E-state index contributed by atoms with van der Waals surface area (Å²) in [4.78, 5) is 11.3. The Morgan fingerprint density at radius 3 is 2.36 bits per heavy atom. The minimum absolute atomic E-state index is 0.0493. The number of hydrogen-bond acceptors (Lipinski definition) is 4. The molecule has 0 bridgehead atoms. The number of rotatable bonds is 3. The van der Waals surface area contributed by atoms with Crippen LogP contribution < -0.4 is 0 Å². The van der Waals surface area contributed by atoms with Gasteiger partial charge in [0, 0.05) is 5.56 Å². The zero-order valence-corrected chi connectivity index (χ0v) is 7.42. The maximum atomic E-state index is 11.3. The van der Waals surface area contributed by atoms with Crippen LogP contribution in [0.5, 0.6) is 5.75 Å². The van der Waals surface area contributed by atoms with Gasteiger partial charge in [-0.05, 0) is 24.3 Å². The molecule has 0 radical (unpaired) electrons. The van der Waals surface area contributed by atoms with Gasteiger partial charge in [0.05, 0.1) is 13.2 Å². The quantitative estimate of drug-likeness (QED) is 0.478. The molecule has 1 aromatic rings. The van der Waals surface area contributed by atoms with Gasteiger partial charge in [0.2, 0.25) is 0 Å². The van der Waals surface area contributed by atoms with Crippen molar-refractivity contribution >= 4 is 5.91 Å². The highest BCUT2D eigenvalue weighted by Gasteiger charge is 2.12. The lowest BCUT2D eigenvalue weighted by molar-refractivity contribution is -0.0653. The van der Waals surface area contributed by atoms with Gasteiger partial charge in [-0.15, -0.1) is 0 Å².